The Hall–Kier alpha value is -1.83. The normalized spacial score (nSPS) is 10.4. The molecule has 1 amide bonds. The Bertz CT molecular complexity index is 812. The summed E-state index contributed by atoms with van der Waals surface area (Å²) < 4.78 is 13.6. The van der Waals surface area contributed by atoms with Crippen molar-refractivity contribution in [1.29, 1.82) is 0 Å². The van der Waals surface area contributed by atoms with Crippen molar-refractivity contribution >= 4 is 5.91 Å². The minimum absolute atomic E-state index is 0. The van der Waals surface area contributed by atoms with Crippen LogP contribution in [0.1, 0.15) is 82.8 Å². The predicted molar refractivity (Wildman–Crippen MR) is 134 cm³/mol. The fourth-order valence-electron chi connectivity index (χ4n) is 3.84. The van der Waals surface area contributed by atoms with Gasteiger partial charge in [-0.3, -0.25) is 4.79 Å². The van der Waals surface area contributed by atoms with Gasteiger partial charge in [-0.2, -0.15) is 0 Å². The van der Waals surface area contributed by atoms with E-state index in [0.717, 1.165) is 36.3 Å². The molecule has 0 unspecified atom stereocenters. The molecule has 34 heavy (non-hydrogen) atoms. The molecule has 6 heteroatoms. The van der Waals surface area contributed by atoms with Crippen LogP contribution in [0.25, 0.3) is 0 Å². The van der Waals surface area contributed by atoms with Gasteiger partial charge in [0, 0.05) is 36.7 Å². The molecule has 0 fully saturated rings. The summed E-state index contributed by atoms with van der Waals surface area (Å²) in [6, 6.07) is 9.85. The van der Waals surface area contributed by atoms with Crippen LogP contribution in [0.15, 0.2) is 42.7 Å². The zero-order chi connectivity index (χ0) is 23.7. The Labute approximate surface area is 223 Å². The van der Waals surface area contributed by atoms with Crippen molar-refractivity contribution in [3.63, 3.8) is 0 Å². The highest BCUT2D eigenvalue weighted by atomic mass is 127. The van der Waals surface area contributed by atoms with Gasteiger partial charge < -0.3 is 38.8 Å². The van der Waals surface area contributed by atoms with Crippen LogP contribution in [0, 0.1) is 0 Å². The number of aryl methyl sites for hydroxylation is 1. The number of unbranched alkanes of at least 4 members (excludes halogenated alkanes) is 7. The van der Waals surface area contributed by atoms with E-state index in [2.05, 4.69) is 48.3 Å². The maximum absolute atomic E-state index is 12.5. The summed E-state index contributed by atoms with van der Waals surface area (Å²) in [5.74, 6) is 1.47. The Morgan fingerprint density at radius 2 is 1.59 bits per heavy atom. The monoisotopic (exact) mass is 582 g/mol. The standard InChI is InChI=1S/C28H42N2O3.HI/c1-4-6-7-8-9-10-11-12-20-33-26-14-13-25(27(22-26)32-3)21-28(31)29-23-24-15-18-30(17-5-2)19-16-24;/h13-16,18-19,22H,4-12,17,20-21,23H2,1-3H3;1H. The van der Waals surface area contributed by atoms with E-state index in [4.69, 9.17) is 9.47 Å². The first-order chi connectivity index (χ1) is 16.2. The highest BCUT2D eigenvalue weighted by Crippen LogP contribution is 2.25. The Morgan fingerprint density at radius 3 is 2.24 bits per heavy atom. The summed E-state index contributed by atoms with van der Waals surface area (Å²) in [5.41, 5.74) is 1.95. The number of hydrogen-bond donors (Lipinski definition) is 1. The molecule has 1 aromatic heterocycles. The summed E-state index contributed by atoms with van der Waals surface area (Å²) in [7, 11) is 1.63. The molecule has 5 nitrogen and oxygen atoms in total. The van der Waals surface area contributed by atoms with Crippen molar-refractivity contribution in [3.05, 3.63) is 53.9 Å². The topological polar surface area (TPSA) is 51.4 Å². The van der Waals surface area contributed by atoms with E-state index in [-0.39, 0.29) is 36.3 Å². The number of ether oxygens (including phenoxy) is 2. The number of benzene rings is 1. The van der Waals surface area contributed by atoms with Crippen LogP contribution in [0.5, 0.6) is 11.5 Å². The van der Waals surface area contributed by atoms with Gasteiger partial charge in [-0.1, -0.05) is 64.9 Å². The van der Waals surface area contributed by atoms with Gasteiger partial charge in [0.15, 0.2) is 12.4 Å². The lowest BCUT2D eigenvalue weighted by Crippen LogP contribution is -3.00. The fourth-order valence-corrected chi connectivity index (χ4v) is 3.84. The third-order valence-corrected chi connectivity index (χ3v) is 5.81. The Balaban J connectivity index is 0.00000578. The number of aromatic nitrogens is 1. The molecule has 0 aliphatic rings. The number of nitrogens with zero attached hydrogens (tertiary/aromatic N) is 1. The zero-order valence-corrected chi connectivity index (χ0v) is 23.4. The largest absolute Gasteiger partial charge is 1.00 e. The maximum Gasteiger partial charge on any atom is 0.224 e. The van der Waals surface area contributed by atoms with E-state index in [0.29, 0.717) is 18.9 Å². The molecule has 0 saturated heterocycles. The highest BCUT2D eigenvalue weighted by Gasteiger charge is 2.11. The first-order valence-corrected chi connectivity index (χ1v) is 12.7. The van der Waals surface area contributed by atoms with Gasteiger partial charge in [0.05, 0.1) is 20.1 Å². The fraction of sp³-hybridized carbons (Fsp3) is 0.571. The van der Waals surface area contributed by atoms with Crippen LogP contribution in [0.3, 0.4) is 0 Å². The van der Waals surface area contributed by atoms with Gasteiger partial charge in [0.1, 0.15) is 18.0 Å². The molecular formula is C28H43IN2O3. The van der Waals surface area contributed by atoms with Crippen molar-refractivity contribution in [2.24, 2.45) is 0 Å². The van der Waals surface area contributed by atoms with Crippen LogP contribution in [0.2, 0.25) is 0 Å². The van der Waals surface area contributed by atoms with Crippen molar-refractivity contribution < 1.29 is 42.8 Å². The number of halogens is 1. The molecule has 1 N–H and O–H groups in total. The third kappa shape index (κ3) is 12.0. The number of amides is 1. The van der Waals surface area contributed by atoms with Crippen molar-refractivity contribution in [3.8, 4) is 11.5 Å². The average molecular weight is 583 g/mol. The van der Waals surface area contributed by atoms with Crippen molar-refractivity contribution in [2.45, 2.75) is 91.1 Å². The summed E-state index contributed by atoms with van der Waals surface area (Å²) in [6.45, 7) is 6.65. The van der Waals surface area contributed by atoms with Crippen molar-refractivity contribution in [2.75, 3.05) is 13.7 Å². The molecule has 1 aromatic carbocycles. The quantitative estimate of drug-likeness (QED) is 0.177. The molecule has 0 aliphatic carbocycles. The maximum atomic E-state index is 12.5. The molecule has 2 aromatic rings. The molecular weight excluding hydrogens is 539 g/mol. The molecule has 2 rings (SSSR count). The van der Waals surface area contributed by atoms with Crippen LogP contribution in [-0.2, 0) is 24.3 Å². The van der Waals surface area contributed by atoms with Crippen molar-refractivity contribution in [1.82, 2.24) is 5.32 Å². The van der Waals surface area contributed by atoms with Gasteiger partial charge in [-0.05, 0) is 18.1 Å². The number of carbonyl (C=O) groups excluding carboxylic acids is 1. The summed E-state index contributed by atoms with van der Waals surface area (Å²) >= 11 is 0. The first kappa shape index (κ1) is 30.2. The average Bonchev–Trinajstić information content (AvgIpc) is 2.83. The second-order valence-electron chi connectivity index (χ2n) is 8.69. The third-order valence-electron chi connectivity index (χ3n) is 5.81. The van der Waals surface area contributed by atoms with Gasteiger partial charge in [0.2, 0.25) is 5.91 Å². The molecule has 0 aliphatic heterocycles. The molecule has 0 bridgehead atoms. The summed E-state index contributed by atoms with van der Waals surface area (Å²) in [5, 5.41) is 3.00. The van der Waals surface area contributed by atoms with E-state index in [1.165, 1.54) is 44.9 Å². The van der Waals surface area contributed by atoms with E-state index < -0.39 is 0 Å². The lowest BCUT2D eigenvalue weighted by Gasteiger charge is -2.12. The summed E-state index contributed by atoms with van der Waals surface area (Å²) in [6.07, 6.45) is 15.8. The number of pyridine rings is 1. The van der Waals surface area contributed by atoms with Gasteiger partial charge >= 0.3 is 0 Å². The highest BCUT2D eigenvalue weighted by molar-refractivity contribution is 5.79. The Morgan fingerprint density at radius 1 is 0.912 bits per heavy atom. The molecule has 0 saturated carbocycles. The smallest absolute Gasteiger partial charge is 0.224 e. The van der Waals surface area contributed by atoms with Crippen LogP contribution >= 0.6 is 0 Å². The minimum Gasteiger partial charge on any atom is -1.00 e. The number of carbonyl (C=O) groups is 1. The second-order valence-corrected chi connectivity index (χ2v) is 8.69. The first-order valence-electron chi connectivity index (χ1n) is 12.7. The van der Waals surface area contributed by atoms with Crippen LogP contribution in [-0.4, -0.2) is 19.6 Å². The number of hydrogen-bond acceptors (Lipinski definition) is 3. The van der Waals surface area contributed by atoms with E-state index in [9.17, 15) is 4.79 Å². The zero-order valence-electron chi connectivity index (χ0n) is 21.3. The number of rotatable bonds is 17. The molecule has 0 atom stereocenters. The summed E-state index contributed by atoms with van der Waals surface area (Å²) in [4.78, 5) is 12.5. The molecule has 0 radical (unpaired) electrons. The minimum atomic E-state index is -0.0220. The molecule has 0 spiro atoms. The van der Waals surface area contributed by atoms with Gasteiger partial charge in [0.25, 0.3) is 0 Å². The van der Waals surface area contributed by atoms with Crippen LogP contribution in [0.4, 0.5) is 0 Å². The van der Waals surface area contributed by atoms with E-state index >= 15 is 0 Å². The van der Waals surface area contributed by atoms with Crippen LogP contribution < -0.4 is 43.3 Å². The van der Waals surface area contributed by atoms with Gasteiger partial charge in [-0.15, -0.1) is 0 Å². The van der Waals surface area contributed by atoms with Gasteiger partial charge in [-0.25, -0.2) is 4.57 Å². The second kappa shape index (κ2) is 18.5. The Kier molecular flexibility index (Phi) is 16.4. The lowest BCUT2D eigenvalue weighted by atomic mass is 10.1. The predicted octanol–water partition coefficient (Wildman–Crippen LogP) is 2.78. The number of methoxy groups -OCH3 is 1. The van der Waals surface area contributed by atoms with E-state index in [1.54, 1.807) is 7.11 Å². The SMILES string of the molecule is CCCCCCCCCCOc1ccc(CC(=O)NCc2cc[n+](CCC)cc2)c(OC)c1.[I-]. The molecule has 190 valence electrons. The van der Waals surface area contributed by atoms with E-state index in [1.807, 2.05) is 18.2 Å². The lowest BCUT2D eigenvalue weighted by molar-refractivity contribution is -0.697. The number of nitrogens with one attached hydrogen (secondary N) is 1. The molecule has 1 heterocycles.